The minimum Gasteiger partial charge on any atom is -0.396 e. The van der Waals surface area contributed by atoms with Gasteiger partial charge in [0.1, 0.15) is 0 Å². The third kappa shape index (κ3) is 4.91. The van der Waals surface area contributed by atoms with E-state index in [9.17, 15) is 8.42 Å². The van der Waals surface area contributed by atoms with Crippen LogP contribution in [0.15, 0.2) is 0 Å². The van der Waals surface area contributed by atoms with Gasteiger partial charge in [-0.25, -0.2) is 0 Å². The van der Waals surface area contributed by atoms with Crippen LogP contribution in [0.2, 0.25) is 0 Å². The molecule has 0 heterocycles. The average Bonchev–Trinajstić information content (AvgIpc) is 2.33. The van der Waals surface area contributed by atoms with Crippen molar-refractivity contribution in [3.8, 4) is 0 Å². The Labute approximate surface area is 105 Å². The van der Waals surface area contributed by atoms with Gasteiger partial charge in [-0.3, -0.25) is 0 Å². The zero-order chi connectivity index (χ0) is 13.5. The van der Waals surface area contributed by atoms with Crippen molar-refractivity contribution in [2.45, 2.75) is 52.0 Å². The first-order valence-corrected chi connectivity index (χ1v) is 7.67. The van der Waals surface area contributed by atoms with Crippen LogP contribution in [-0.2, 0) is 10.2 Å². The van der Waals surface area contributed by atoms with E-state index in [-0.39, 0.29) is 12.1 Å². The number of aliphatic hydroxyl groups is 1. The van der Waals surface area contributed by atoms with E-state index in [0.717, 1.165) is 19.3 Å². The van der Waals surface area contributed by atoms with Crippen molar-refractivity contribution in [3.05, 3.63) is 0 Å². The van der Waals surface area contributed by atoms with E-state index in [4.69, 9.17) is 5.11 Å². The van der Waals surface area contributed by atoms with Crippen molar-refractivity contribution in [2.75, 3.05) is 20.2 Å². The lowest BCUT2D eigenvalue weighted by Crippen LogP contribution is -2.52. The van der Waals surface area contributed by atoms with Gasteiger partial charge in [-0.1, -0.05) is 20.8 Å². The molecule has 0 aliphatic heterocycles. The highest BCUT2D eigenvalue weighted by atomic mass is 32.2. The Balaban J connectivity index is 4.72. The Morgan fingerprint density at radius 3 is 2.00 bits per heavy atom. The predicted octanol–water partition coefficient (Wildman–Crippen LogP) is 1.10. The lowest BCUT2D eigenvalue weighted by Gasteiger charge is -2.33. The molecular formula is C11H26N2O3S. The molecule has 0 unspecified atom stereocenters. The molecule has 17 heavy (non-hydrogen) atoms. The van der Waals surface area contributed by atoms with E-state index >= 15 is 0 Å². The highest BCUT2D eigenvalue weighted by Gasteiger charge is 2.31. The summed E-state index contributed by atoms with van der Waals surface area (Å²) < 4.78 is 28.2. The van der Waals surface area contributed by atoms with Crippen LogP contribution >= 0.6 is 0 Å². The normalized spacial score (nSPS) is 13.3. The first kappa shape index (κ1) is 16.8. The molecule has 0 aromatic carbocycles. The summed E-state index contributed by atoms with van der Waals surface area (Å²) in [5.41, 5.74) is -0.355. The quantitative estimate of drug-likeness (QED) is 0.656. The van der Waals surface area contributed by atoms with Gasteiger partial charge in [0.15, 0.2) is 0 Å². The molecule has 0 fully saturated rings. The Morgan fingerprint density at radius 2 is 1.65 bits per heavy atom. The molecule has 0 saturated carbocycles. The van der Waals surface area contributed by atoms with Crippen LogP contribution in [0, 0.1) is 0 Å². The van der Waals surface area contributed by atoms with Gasteiger partial charge in [0, 0.05) is 25.7 Å². The van der Waals surface area contributed by atoms with E-state index in [2.05, 4.69) is 4.72 Å². The number of aliphatic hydroxyl groups excluding tert-OH is 1. The molecule has 0 saturated heterocycles. The average molecular weight is 266 g/mol. The van der Waals surface area contributed by atoms with Crippen molar-refractivity contribution in [1.82, 2.24) is 9.03 Å². The molecule has 0 bridgehead atoms. The van der Waals surface area contributed by atoms with Crippen LogP contribution < -0.4 is 4.72 Å². The molecule has 0 rings (SSSR count). The van der Waals surface area contributed by atoms with E-state index < -0.39 is 10.2 Å². The summed E-state index contributed by atoms with van der Waals surface area (Å²) in [5.74, 6) is 0. The van der Waals surface area contributed by atoms with Gasteiger partial charge in [-0.15, -0.1) is 0 Å². The first-order valence-electron chi connectivity index (χ1n) is 6.23. The molecule has 0 spiro atoms. The van der Waals surface area contributed by atoms with E-state index in [0.29, 0.717) is 13.0 Å². The zero-order valence-electron chi connectivity index (χ0n) is 11.4. The summed E-state index contributed by atoms with van der Waals surface area (Å²) in [7, 11) is -1.92. The minimum absolute atomic E-state index is 0.000334. The Morgan fingerprint density at radius 1 is 1.18 bits per heavy atom. The highest BCUT2D eigenvalue weighted by Crippen LogP contribution is 2.21. The molecule has 0 radical (unpaired) electrons. The third-order valence-electron chi connectivity index (χ3n) is 3.42. The molecule has 5 nitrogen and oxygen atoms in total. The van der Waals surface area contributed by atoms with Crippen LogP contribution in [0.25, 0.3) is 0 Å². The number of rotatable bonds is 9. The van der Waals surface area contributed by atoms with Gasteiger partial charge in [0.25, 0.3) is 10.2 Å². The van der Waals surface area contributed by atoms with Crippen molar-refractivity contribution in [1.29, 1.82) is 0 Å². The maximum Gasteiger partial charge on any atom is 0.279 e. The monoisotopic (exact) mass is 266 g/mol. The molecule has 0 aliphatic carbocycles. The lowest BCUT2D eigenvalue weighted by atomic mass is 9.91. The fraction of sp³-hybridized carbons (Fsp3) is 1.00. The number of nitrogens with one attached hydrogen (secondary N) is 1. The van der Waals surface area contributed by atoms with E-state index in [1.54, 1.807) is 0 Å². The Hall–Kier alpha value is -0.170. The molecule has 0 aliphatic rings. The molecule has 0 amide bonds. The molecule has 0 aromatic heterocycles. The van der Waals surface area contributed by atoms with Crippen molar-refractivity contribution >= 4 is 10.2 Å². The Bertz CT molecular complexity index is 292. The minimum atomic E-state index is -3.45. The fourth-order valence-electron chi connectivity index (χ4n) is 1.73. The summed E-state index contributed by atoms with van der Waals surface area (Å²) in [6.45, 7) is 6.30. The van der Waals surface area contributed by atoms with Crippen molar-refractivity contribution < 1.29 is 13.5 Å². The highest BCUT2D eigenvalue weighted by molar-refractivity contribution is 7.87. The largest absolute Gasteiger partial charge is 0.396 e. The summed E-state index contributed by atoms with van der Waals surface area (Å²) in [4.78, 5) is 0. The van der Waals surface area contributed by atoms with Crippen LogP contribution in [0.3, 0.4) is 0 Å². The van der Waals surface area contributed by atoms with Gasteiger partial charge >= 0.3 is 0 Å². The summed E-state index contributed by atoms with van der Waals surface area (Å²) in [6.07, 6.45) is 2.77. The zero-order valence-corrected chi connectivity index (χ0v) is 12.2. The molecule has 0 atom stereocenters. The van der Waals surface area contributed by atoms with Crippen LogP contribution in [0.1, 0.15) is 46.5 Å². The summed E-state index contributed by atoms with van der Waals surface area (Å²) in [5, 5.41) is 8.71. The van der Waals surface area contributed by atoms with Crippen LogP contribution in [-0.4, -0.2) is 43.6 Å². The SMILES string of the molecule is CCC(CC)(CC)NS(=O)(=O)N(C)CCCO. The molecule has 6 heteroatoms. The van der Waals surface area contributed by atoms with Crippen LogP contribution in [0.4, 0.5) is 0 Å². The predicted molar refractivity (Wildman–Crippen MR) is 70.0 cm³/mol. The first-order chi connectivity index (χ1) is 7.87. The summed E-state index contributed by atoms with van der Waals surface area (Å²) >= 11 is 0. The topological polar surface area (TPSA) is 69.6 Å². The van der Waals surface area contributed by atoms with Gasteiger partial charge < -0.3 is 5.11 Å². The third-order valence-corrected chi connectivity index (χ3v) is 5.11. The maximum atomic E-state index is 12.1. The van der Waals surface area contributed by atoms with Gasteiger partial charge in [0.2, 0.25) is 0 Å². The number of hydrogen-bond acceptors (Lipinski definition) is 3. The maximum absolute atomic E-state index is 12.1. The van der Waals surface area contributed by atoms with Gasteiger partial charge in [0.05, 0.1) is 0 Å². The van der Waals surface area contributed by atoms with Gasteiger partial charge in [-0.2, -0.15) is 17.4 Å². The van der Waals surface area contributed by atoms with E-state index in [1.165, 1.54) is 11.4 Å². The number of hydrogen-bond donors (Lipinski definition) is 2. The lowest BCUT2D eigenvalue weighted by molar-refractivity contribution is 0.272. The smallest absolute Gasteiger partial charge is 0.279 e. The molecule has 104 valence electrons. The molecule has 2 N–H and O–H groups in total. The second-order valence-corrected chi connectivity index (χ2v) is 6.12. The fourth-order valence-corrected chi connectivity index (χ4v) is 3.24. The van der Waals surface area contributed by atoms with Crippen molar-refractivity contribution in [3.63, 3.8) is 0 Å². The molecular weight excluding hydrogens is 240 g/mol. The second-order valence-electron chi connectivity index (χ2n) is 4.35. The summed E-state index contributed by atoms with van der Waals surface area (Å²) in [6, 6.07) is 0. The van der Waals surface area contributed by atoms with Crippen molar-refractivity contribution in [2.24, 2.45) is 0 Å². The van der Waals surface area contributed by atoms with E-state index in [1.807, 2.05) is 20.8 Å². The standard InChI is InChI=1S/C11H26N2O3S/c1-5-11(6-2,7-3)12-17(15,16)13(4)9-8-10-14/h12,14H,5-10H2,1-4H3. The van der Waals surface area contributed by atoms with Crippen LogP contribution in [0.5, 0.6) is 0 Å². The Kier molecular flexibility index (Phi) is 7.23. The second kappa shape index (κ2) is 7.31. The number of nitrogens with zero attached hydrogens (tertiary/aromatic N) is 1. The molecule has 0 aromatic rings. The van der Waals surface area contributed by atoms with Gasteiger partial charge in [-0.05, 0) is 25.7 Å².